The number of hydrogen-bond acceptors (Lipinski definition) is 4. The summed E-state index contributed by atoms with van der Waals surface area (Å²) in [6, 6.07) is 5.16. The summed E-state index contributed by atoms with van der Waals surface area (Å²) in [5.74, 6) is -0.355. The molecule has 0 atom stereocenters. The van der Waals surface area contributed by atoms with Crippen molar-refractivity contribution in [3.8, 4) is 0 Å². The summed E-state index contributed by atoms with van der Waals surface area (Å²) < 4.78 is 11.4. The van der Waals surface area contributed by atoms with Crippen LogP contribution in [0.15, 0.2) is 18.2 Å². The fraction of sp³-hybridized carbons (Fsp3) is 0.462. The Morgan fingerprint density at radius 2 is 2.06 bits per heavy atom. The summed E-state index contributed by atoms with van der Waals surface area (Å²) in [5, 5.41) is 0. The Morgan fingerprint density at radius 3 is 2.61 bits per heavy atom. The van der Waals surface area contributed by atoms with Crippen LogP contribution >= 0.6 is 22.6 Å². The van der Waals surface area contributed by atoms with Crippen LogP contribution in [0.5, 0.6) is 0 Å². The molecule has 18 heavy (non-hydrogen) atoms. The molecule has 2 N–H and O–H groups in total. The molecular weight excluding hydrogens is 345 g/mol. The minimum absolute atomic E-state index is 0.287. The van der Waals surface area contributed by atoms with Gasteiger partial charge in [0.05, 0.1) is 17.8 Å². The number of anilines is 1. The van der Waals surface area contributed by atoms with Crippen LogP contribution in [-0.2, 0) is 9.47 Å². The van der Waals surface area contributed by atoms with E-state index < -0.39 is 0 Å². The molecule has 0 amide bonds. The molecule has 0 unspecified atom stereocenters. The van der Waals surface area contributed by atoms with Crippen molar-refractivity contribution in [2.24, 2.45) is 0 Å². The Bertz CT molecular complexity index is 412. The van der Waals surface area contributed by atoms with E-state index >= 15 is 0 Å². The van der Waals surface area contributed by atoms with Crippen molar-refractivity contribution >= 4 is 34.2 Å². The predicted octanol–water partition coefficient (Wildman–Crippen LogP) is 2.85. The van der Waals surface area contributed by atoms with Crippen LogP contribution < -0.4 is 5.73 Å². The minimum Gasteiger partial charge on any atom is -0.462 e. The highest BCUT2D eigenvalue weighted by atomic mass is 127. The van der Waals surface area contributed by atoms with Gasteiger partial charge in [0.1, 0.15) is 0 Å². The second-order valence-electron chi connectivity index (χ2n) is 4.62. The maximum Gasteiger partial charge on any atom is 0.338 e. The van der Waals surface area contributed by atoms with Crippen LogP contribution in [0.25, 0.3) is 0 Å². The summed E-state index contributed by atoms with van der Waals surface area (Å²) in [4.78, 5) is 11.8. The van der Waals surface area contributed by atoms with Crippen molar-refractivity contribution < 1.29 is 14.3 Å². The lowest BCUT2D eigenvalue weighted by Gasteiger charge is -2.22. The van der Waals surface area contributed by atoms with E-state index in [1.807, 2.05) is 13.8 Å². The average molecular weight is 363 g/mol. The summed E-state index contributed by atoms with van der Waals surface area (Å²) in [5.41, 5.74) is 6.44. The van der Waals surface area contributed by atoms with E-state index in [4.69, 9.17) is 15.2 Å². The SMILES string of the molecule is COC(C)(C)CCOC(=O)c1cc(N)cc(I)c1. The normalized spacial score (nSPS) is 11.3. The van der Waals surface area contributed by atoms with Crippen molar-refractivity contribution in [1.29, 1.82) is 0 Å². The number of carbonyl (C=O) groups excluding carboxylic acids is 1. The van der Waals surface area contributed by atoms with Crippen LogP contribution in [0.4, 0.5) is 5.69 Å². The molecule has 4 nitrogen and oxygen atoms in total. The summed E-state index contributed by atoms with van der Waals surface area (Å²) in [6.07, 6.45) is 0.647. The summed E-state index contributed by atoms with van der Waals surface area (Å²) >= 11 is 2.11. The van der Waals surface area contributed by atoms with Gasteiger partial charge < -0.3 is 15.2 Å². The zero-order valence-corrected chi connectivity index (χ0v) is 13.0. The highest BCUT2D eigenvalue weighted by molar-refractivity contribution is 14.1. The molecule has 1 aromatic rings. The quantitative estimate of drug-likeness (QED) is 0.497. The second kappa shape index (κ2) is 6.38. The number of nitrogens with two attached hydrogens (primary N) is 1. The van der Waals surface area contributed by atoms with E-state index in [9.17, 15) is 4.79 Å². The zero-order chi connectivity index (χ0) is 13.8. The first kappa shape index (κ1) is 15.2. The van der Waals surface area contributed by atoms with E-state index in [1.54, 1.807) is 25.3 Å². The predicted molar refractivity (Wildman–Crippen MR) is 79.6 cm³/mol. The number of nitrogen functional groups attached to an aromatic ring is 1. The van der Waals surface area contributed by atoms with Crippen LogP contribution in [-0.4, -0.2) is 25.3 Å². The summed E-state index contributed by atoms with van der Waals surface area (Å²) in [7, 11) is 1.64. The highest BCUT2D eigenvalue weighted by Gasteiger charge is 2.17. The fourth-order valence-corrected chi connectivity index (χ4v) is 2.00. The molecule has 0 saturated heterocycles. The number of ether oxygens (including phenoxy) is 2. The summed E-state index contributed by atoms with van der Waals surface area (Å²) in [6.45, 7) is 4.22. The third-order valence-electron chi connectivity index (χ3n) is 2.65. The molecule has 0 saturated carbocycles. The minimum atomic E-state index is -0.355. The van der Waals surface area contributed by atoms with Gasteiger partial charge in [-0.1, -0.05) is 0 Å². The molecule has 0 spiro atoms. The molecule has 0 aromatic heterocycles. The van der Waals surface area contributed by atoms with E-state index in [1.165, 1.54) is 0 Å². The topological polar surface area (TPSA) is 61.5 Å². The smallest absolute Gasteiger partial charge is 0.338 e. The van der Waals surface area contributed by atoms with Gasteiger partial charge in [-0.25, -0.2) is 4.79 Å². The maximum atomic E-state index is 11.8. The number of hydrogen-bond donors (Lipinski definition) is 1. The fourth-order valence-electron chi connectivity index (χ4n) is 1.31. The monoisotopic (exact) mass is 363 g/mol. The van der Waals surface area contributed by atoms with Gasteiger partial charge in [0, 0.05) is 22.8 Å². The second-order valence-corrected chi connectivity index (χ2v) is 5.87. The van der Waals surface area contributed by atoms with Crippen LogP contribution in [0.1, 0.15) is 30.6 Å². The Morgan fingerprint density at radius 1 is 1.39 bits per heavy atom. The Kier molecular flexibility index (Phi) is 5.40. The van der Waals surface area contributed by atoms with Crippen molar-refractivity contribution in [3.63, 3.8) is 0 Å². The van der Waals surface area contributed by atoms with Gasteiger partial charge in [-0.15, -0.1) is 0 Å². The van der Waals surface area contributed by atoms with E-state index in [2.05, 4.69) is 22.6 Å². The van der Waals surface area contributed by atoms with Gasteiger partial charge in [-0.3, -0.25) is 0 Å². The maximum absolute atomic E-state index is 11.8. The molecule has 100 valence electrons. The average Bonchev–Trinajstić information content (AvgIpc) is 2.27. The molecule has 5 heteroatoms. The van der Waals surface area contributed by atoms with Gasteiger partial charge in [0.25, 0.3) is 0 Å². The number of esters is 1. The van der Waals surface area contributed by atoms with E-state index in [0.717, 1.165) is 3.57 Å². The number of carbonyl (C=O) groups is 1. The molecule has 0 aliphatic rings. The van der Waals surface area contributed by atoms with Crippen molar-refractivity contribution in [2.45, 2.75) is 25.9 Å². The van der Waals surface area contributed by atoms with Crippen molar-refractivity contribution in [3.05, 3.63) is 27.3 Å². The third kappa shape index (κ3) is 4.81. The lowest BCUT2D eigenvalue weighted by atomic mass is 10.1. The van der Waals surface area contributed by atoms with Gasteiger partial charge in [-0.2, -0.15) is 0 Å². The first-order valence-electron chi connectivity index (χ1n) is 5.62. The molecule has 0 aliphatic heterocycles. The molecular formula is C13H18INO3. The highest BCUT2D eigenvalue weighted by Crippen LogP contribution is 2.16. The zero-order valence-electron chi connectivity index (χ0n) is 10.8. The van der Waals surface area contributed by atoms with Crippen LogP contribution in [0.2, 0.25) is 0 Å². The molecule has 0 heterocycles. The third-order valence-corrected chi connectivity index (χ3v) is 3.27. The van der Waals surface area contributed by atoms with Crippen molar-refractivity contribution in [2.75, 3.05) is 19.5 Å². The number of rotatable bonds is 5. The molecule has 1 rings (SSSR count). The molecule has 0 aliphatic carbocycles. The number of methoxy groups -OCH3 is 1. The standard InChI is InChI=1S/C13H18INO3/c1-13(2,17-3)4-5-18-12(16)9-6-10(14)8-11(15)7-9/h6-8H,4-5,15H2,1-3H3. The van der Waals surface area contributed by atoms with Gasteiger partial charge in [-0.05, 0) is 54.6 Å². The van der Waals surface area contributed by atoms with Gasteiger partial charge >= 0.3 is 5.97 Å². The Hall–Kier alpha value is -0.820. The van der Waals surface area contributed by atoms with E-state index in [0.29, 0.717) is 24.3 Å². The molecule has 1 aromatic carbocycles. The first-order chi connectivity index (χ1) is 8.34. The van der Waals surface area contributed by atoms with Gasteiger partial charge in [0.2, 0.25) is 0 Å². The van der Waals surface area contributed by atoms with E-state index in [-0.39, 0.29) is 11.6 Å². The van der Waals surface area contributed by atoms with Crippen molar-refractivity contribution in [1.82, 2.24) is 0 Å². The lowest BCUT2D eigenvalue weighted by molar-refractivity contribution is -0.00563. The number of benzene rings is 1. The molecule has 0 fully saturated rings. The first-order valence-corrected chi connectivity index (χ1v) is 6.70. The van der Waals surface area contributed by atoms with Crippen LogP contribution in [0.3, 0.4) is 0 Å². The van der Waals surface area contributed by atoms with Gasteiger partial charge in [0.15, 0.2) is 0 Å². The molecule has 0 radical (unpaired) electrons. The van der Waals surface area contributed by atoms with Crippen LogP contribution in [0, 0.1) is 3.57 Å². The Balaban J connectivity index is 2.56. The molecule has 0 bridgehead atoms. The largest absolute Gasteiger partial charge is 0.462 e. The number of halogens is 1. The Labute approximate surface area is 121 Å². The lowest BCUT2D eigenvalue weighted by Crippen LogP contribution is -2.25.